The predicted octanol–water partition coefficient (Wildman–Crippen LogP) is 4.94. The number of hydrogen-bond acceptors (Lipinski definition) is 6. The zero-order valence-corrected chi connectivity index (χ0v) is 26.3. The van der Waals surface area contributed by atoms with Crippen molar-refractivity contribution in [2.75, 3.05) is 37.9 Å². The van der Waals surface area contributed by atoms with Crippen LogP contribution in [0.5, 0.6) is 11.5 Å². The Kier molecular flexibility index (Phi) is 11.9. The summed E-state index contributed by atoms with van der Waals surface area (Å²) in [6, 6.07) is 17.8. The molecule has 0 aromatic heterocycles. The molecule has 1 atom stereocenters. The summed E-state index contributed by atoms with van der Waals surface area (Å²) in [7, 11) is -1.07. The number of amides is 2. The molecule has 3 aromatic carbocycles. The summed E-state index contributed by atoms with van der Waals surface area (Å²) in [5.41, 5.74) is 1.44. The predicted molar refractivity (Wildman–Crippen MR) is 166 cm³/mol. The van der Waals surface area contributed by atoms with Gasteiger partial charge in [-0.1, -0.05) is 66.5 Å². The molecule has 3 rings (SSSR count). The van der Waals surface area contributed by atoms with Crippen molar-refractivity contribution in [3.8, 4) is 11.5 Å². The number of benzene rings is 3. The number of carbonyl (C=O) groups excluding carboxylic acids is 2. The number of ether oxygens (including phenoxy) is 2. The van der Waals surface area contributed by atoms with Crippen molar-refractivity contribution < 1.29 is 27.5 Å². The van der Waals surface area contributed by atoms with E-state index < -0.39 is 28.5 Å². The summed E-state index contributed by atoms with van der Waals surface area (Å²) < 4.78 is 37.6. The molecule has 0 aliphatic heterocycles. The van der Waals surface area contributed by atoms with E-state index >= 15 is 0 Å². The molecule has 3 aromatic rings. The SMILES string of the molecule is CCCNC(=O)C(Cc1ccccc1)N(Cc1c(Cl)cccc1Cl)C(=O)CN(c1ccc(OC)c(OC)c1)S(C)(=O)=O. The van der Waals surface area contributed by atoms with Crippen LogP contribution in [0.1, 0.15) is 24.5 Å². The highest BCUT2D eigenvalue weighted by atomic mass is 35.5. The van der Waals surface area contributed by atoms with Gasteiger partial charge in [0.2, 0.25) is 21.8 Å². The monoisotopic (exact) mass is 635 g/mol. The van der Waals surface area contributed by atoms with Crippen LogP contribution in [0.15, 0.2) is 66.7 Å². The molecule has 12 heteroatoms. The Hall–Kier alpha value is -3.47. The highest BCUT2D eigenvalue weighted by Crippen LogP contribution is 2.33. The number of carbonyl (C=O) groups is 2. The van der Waals surface area contributed by atoms with Crippen LogP contribution in [0, 0.1) is 0 Å². The first-order chi connectivity index (χ1) is 20.0. The van der Waals surface area contributed by atoms with Gasteiger partial charge >= 0.3 is 0 Å². The third-order valence-corrected chi connectivity index (χ3v) is 8.39. The number of rotatable bonds is 14. The van der Waals surface area contributed by atoms with E-state index in [-0.39, 0.29) is 30.3 Å². The van der Waals surface area contributed by atoms with Crippen molar-refractivity contribution in [2.24, 2.45) is 0 Å². The second kappa shape index (κ2) is 15.1. The normalized spacial score (nSPS) is 11.9. The molecule has 0 saturated carbocycles. The van der Waals surface area contributed by atoms with Crippen molar-refractivity contribution in [1.29, 1.82) is 0 Å². The molecule has 42 heavy (non-hydrogen) atoms. The minimum absolute atomic E-state index is 0.127. The molecule has 0 radical (unpaired) electrons. The topological polar surface area (TPSA) is 105 Å². The van der Waals surface area contributed by atoms with E-state index in [1.807, 2.05) is 37.3 Å². The lowest BCUT2D eigenvalue weighted by atomic mass is 10.0. The lowest BCUT2D eigenvalue weighted by molar-refractivity contribution is -0.140. The van der Waals surface area contributed by atoms with Crippen molar-refractivity contribution >= 4 is 50.7 Å². The van der Waals surface area contributed by atoms with Gasteiger partial charge in [0.25, 0.3) is 0 Å². The molecule has 0 spiro atoms. The highest BCUT2D eigenvalue weighted by Gasteiger charge is 2.34. The summed E-state index contributed by atoms with van der Waals surface area (Å²) >= 11 is 13.0. The van der Waals surface area contributed by atoms with Gasteiger partial charge in [0.1, 0.15) is 12.6 Å². The first-order valence-electron chi connectivity index (χ1n) is 13.2. The van der Waals surface area contributed by atoms with E-state index in [0.29, 0.717) is 34.3 Å². The summed E-state index contributed by atoms with van der Waals surface area (Å²) in [6.07, 6.45) is 1.87. The van der Waals surface area contributed by atoms with Crippen molar-refractivity contribution in [2.45, 2.75) is 32.4 Å². The zero-order chi connectivity index (χ0) is 30.9. The largest absolute Gasteiger partial charge is 0.493 e. The molecule has 0 heterocycles. The third kappa shape index (κ3) is 8.53. The second-order valence-corrected chi connectivity index (χ2v) is 12.2. The molecule has 0 aliphatic carbocycles. The average Bonchev–Trinajstić information content (AvgIpc) is 2.97. The van der Waals surface area contributed by atoms with Crippen LogP contribution >= 0.6 is 23.2 Å². The standard InChI is InChI=1S/C30H35Cl2N3O6S/c1-5-16-33-30(37)26(17-21-10-7-6-8-11-21)34(19-23-24(31)12-9-13-25(23)32)29(36)20-35(42(4,38)39)22-14-15-27(40-2)28(18-22)41-3/h6-15,18,26H,5,16-17,19-20H2,1-4H3,(H,33,37). The van der Waals surface area contributed by atoms with Crippen LogP contribution < -0.4 is 19.1 Å². The van der Waals surface area contributed by atoms with E-state index in [2.05, 4.69) is 5.32 Å². The molecule has 0 aliphatic rings. The van der Waals surface area contributed by atoms with Gasteiger partial charge in [-0.25, -0.2) is 8.42 Å². The fourth-order valence-electron chi connectivity index (χ4n) is 4.37. The van der Waals surface area contributed by atoms with E-state index in [1.54, 1.807) is 24.3 Å². The fourth-order valence-corrected chi connectivity index (χ4v) is 5.73. The number of nitrogens with zero attached hydrogens (tertiary/aromatic N) is 2. The quantitative estimate of drug-likeness (QED) is 0.269. The maximum absolute atomic E-state index is 14.2. The Morgan fingerprint density at radius 3 is 2.14 bits per heavy atom. The number of sulfonamides is 1. The Bertz CT molecular complexity index is 1470. The number of methoxy groups -OCH3 is 2. The minimum Gasteiger partial charge on any atom is -0.493 e. The molecule has 1 N–H and O–H groups in total. The second-order valence-electron chi connectivity index (χ2n) is 9.53. The van der Waals surface area contributed by atoms with Crippen LogP contribution in [0.4, 0.5) is 5.69 Å². The average molecular weight is 637 g/mol. The highest BCUT2D eigenvalue weighted by molar-refractivity contribution is 7.92. The first kappa shape index (κ1) is 33.0. The first-order valence-corrected chi connectivity index (χ1v) is 15.8. The number of hydrogen-bond donors (Lipinski definition) is 1. The summed E-state index contributed by atoms with van der Waals surface area (Å²) in [4.78, 5) is 29.1. The molecule has 0 bridgehead atoms. The Morgan fingerprint density at radius 2 is 1.57 bits per heavy atom. The molecule has 0 fully saturated rings. The van der Waals surface area contributed by atoms with Crippen molar-refractivity contribution in [1.82, 2.24) is 10.2 Å². The smallest absolute Gasteiger partial charge is 0.244 e. The Labute approximate surface area is 257 Å². The summed E-state index contributed by atoms with van der Waals surface area (Å²) in [6.45, 7) is 1.60. The van der Waals surface area contributed by atoms with E-state index in [9.17, 15) is 18.0 Å². The fraction of sp³-hybridized carbons (Fsp3) is 0.333. The summed E-state index contributed by atoms with van der Waals surface area (Å²) in [5, 5.41) is 3.51. The van der Waals surface area contributed by atoms with Gasteiger partial charge in [-0.15, -0.1) is 0 Å². The van der Waals surface area contributed by atoms with E-state index in [4.69, 9.17) is 32.7 Å². The minimum atomic E-state index is -3.96. The van der Waals surface area contributed by atoms with Gasteiger partial charge in [0.15, 0.2) is 11.5 Å². The number of halogens is 2. The zero-order valence-electron chi connectivity index (χ0n) is 24.0. The van der Waals surface area contributed by atoms with Gasteiger partial charge in [0, 0.05) is 41.2 Å². The van der Waals surface area contributed by atoms with Crippen LogP contribution in [-0.4, -0.2) is 64.7 Å². The van der Waals surface area contributed by atoms with Gasteiger partial charge < -0.3 is 19.7 Å². The molecule has 226 valence electrons. The summed E-state index contributed by atoms with van der Waals surface area (Å²) in [5.74, 6) is -0.323. The molecular formula is C30H35Cl2N3O6S. The maximum Gasteiger partial charge on any atom is 0.244 e. The van der Waals surface area contributed by atoms with Gasteiger partial charge in [-0.3, -0.25) is 13.9 Å². The van der Waals surface area contributed by atoms with Crippen LogP contribution in [0.2, 0.25) is 10.0 Å². The Balaban J connectivity index is 2.11. The van der Waals surface area contributed by atoms with Crippen LogP contribution in [0.3, 0.4) is 0 Å². The molecule has 1 unspecified atom stereocenters. The van der Waals surface area contributed by atoms with Crippen LogP contribution in [0.25, 0.3) is 0 Å². The lowest BCUT2D eigenvalue weighted by Gasteiger charge is -2.34. The lowest BCUT2D eigenvalue weighted by Crippen LogP contribution is -2.53. The maximum atomic E-state index is 14.2. The number of anilines is 1. The van der Waals surface area contributed by atoms with E-state index in [0.717, 1.165) is 16.1 Å². The molecule has 0 saturated heterocycles. The van der Waals surface area contributed by atoms with Crippen LogP contribution in [-0.2, 0) is 32.6 Å². The van der Waals surface area contributed by atoms with Gasteiger partial charge in [-0.2, -0.15) is 0 Å². The van der Waals surface area contributed by atoms with E-state index in [1.165, 1.54) is 31.3 Å². The molecular weight excluding hydrogens is 601 g/mol. The molecule has 9 nitrogen and oxygen atoms in total. The van der Waals surface area contributed by atoms with Gasteiger partial charge in [-0.05, 0) is 36.2 Å². The number of nitrogens with one attached hydrogen (secondary N) is 1. The van der Waals surface area contributed by atoms with Crippen molar-refractivity contribution in [3.05, 3.63) is 87.9 Å². The third-order valence-electron chi connectivity index (χ3n) is 6.54. The van der Waals surface area contributed by atoms with Crippen molar-refractivity contribution in [3.63, 3.8) is 0 Å². The molecule has 2 amide bonds. The Morgan fingerprint density at radius 1 is 0.929 bits per heavy atom. The van der Waals surface area contributed by atoms with Gasteiger partial charge in [0.05, 0.1) is 26.2 Å².